The molecule has 0 aromatic rings. The van der Waals surface area contributed by atoms with Gasteiger partial charge in [0, 0.05) is 18.8 Å². The van der Waals surface area contributed by atoms with Crippen molar-refractivity contribution in [2.45, 2.75) is 84.1 Å². The smallest absolute Gasteiger partial charge is 0.0610 e. The van der Waals surface area contributed by atoms with E-state index in [9.17, 15) is 5.11 Å². The first-order valence-electron chi connectivity index (χ1n) is 8.62. The summed E-state index contributed by atoms with van der Waals surface area (Å²) in [5.41, 5.74) is -0.115. The molecule has 0 aliphatic heterocycles. The summed E-state index contributed by atoms with van der Waals surface area (Å²) in [6, 6.07) is 0. The van der Waals surface area contributed by atoms with E-state index in [0.717, 1.165) is 45.4 Å². The number of nitrogens with one attached hydrogen (secondary N) is 1. The Kier molecular flexibility index (Phi) is 13.8. The highest BCUT2D eigenvalue weighted by molar-refractivity contribution is 4.81. The monoisotopic (exact) mass is 287 g/mol. The molecule has 122 valence electrons. The standard InChI is InChI=1S/C17H37NO2/c1-4-6-7-8-10-14-20-15-11-9-12-17(3,16-19)18-13-5-2/h18-19H,4-16H2,1-3H3. The van der Waals surface area contributed by atoms with Crippen molar-refractivity contribution in [2.24, 2.45) is 0 Å². The Labute approximate surface area is 126 Å². The van der Waals surface area contributed by atoms with Crippen LogP contribution < -0.4 is 5.32 Å². The van der Waals surface area contributed by atoms with Crippen LogP contribution in [0.1, 0.15) is 78.6 Å². The zero-order valence-corrected chi connectivity index (χ0v) is 14.0. The zero-order valence-electron chi connectivity index (χ0n) is 14.0. The average Bonchev–Trinajstić information content (AvgIpc) is 2.47. The molecule has 3 heteroatoms. The summed E-state index contributed by atoms with van der Waals surface area (Å²) >= 11 is 0. The Morgan fingerprint density at radius 3 is 2.15 bits per heavy atom. The highest BCUT2D eigenvalue weighted by Crippen LogP contribution is 2.13. The maximum atomic E-state index is 9.46. The maximum Gasteiger partial charge on any atom is 0.0610 e. The Morgan fingerprint density at radius 1 is 0.900 bits per heavy atom. The van der Waals surface area contributed by atoms with Gasteiger partial charge in [0.05, 0.1) is 6.61 Å². The lowest BCUT2D eigenvalue weighted by atomic mass is 9.95. The van der Waals surface area contributed by atoms with Gasteiger partial charge in [-0.2, -0.15) is 0 Å². The molecule has 2 N–H and O–H groups in total. The molecule has 0 aliphatic rings. The summed E-state index contributed by atoms with van der Waals surface area (Å²) in [4.78, 5) is 0. The number of aliphatic hydroxyl groups excluding tert-OH is 1. The fourth-order valence-electron chi connectivity index (χ4n) is 2.28. The minimum Gasteiger partial charge on any atom is -0.394 e. The van der Waals surface area contributed by atoms with Crippen molar-refractivity contribution in [3.05, 3.63) is 0 Å². The van der Waals surface area contributed by atoms with Gasteiger partial charge in [-0.15, -0.1) is 0 Å². The van der Waals surface area contributed by atoms with Crippen LogP contribution in [0.3, 0.4) is 0 Å². The summed E-state index contributed by atoms with van der Waals surface area (Å²) in [7, 11) is 0. The number of hydrogen-bond donors (Lipinski definition) is 2. The van der Waals surface area contributed by atoms with Gasteiger partial charge in [0.2, 0.25) is 0 Å². The second-order valence-electron chi connectivity index (χ2n) is 6.13. The van der Waals surface area contributed by atoms with Crippen molar-refractivity contribution < 1.29 is 9.84 Å². The lowest BCUT2D eigenvalue weighted by Gasteiger charge is -2.28. The van der Waals surface area contributed by atoms with Crippen molar-refractivity contribution >= 4 is 0 Å². The van der Waals surface area contributed by atoms with Crippen LogP contribution in [-0.4, -0.2) is 37.0 Å². The van der Waals surface area contributed by atoms with Gasteiger partial charge < -0.3 is 15.2 Å². The number of rotatable bonds is 15. The molecular weight excluding hydrogens is 250 g/mol. The van der Waals surface area contributed by atoms with Crippen LogP contribution in [0.25, 0.3) is 0 Å². The molecule has 0 aliphatic carbocycles. The molecule has 20 heavy (non-hydrogen) atoms. The van der Waals surface area contributed by atoms with E-state index in [1.807, 2.05) is 0 Å². The second kappa shape index (κ2) is 13.8. The van der Waals surface area contributed by atoms with E-state index < -0.39 is 0 Å². The number of ether oxygens (including phenoxy) is 1. The molecule has 0 aromatic carbocycles. The third kappa shape index (κ3) is 11.7. The third-order valence-electron chi connectivity index (χ3n) is 3.81. The second-order valence-corrected chi connectivity index (χ2v) is 6.13. The minimum atomic E-state index is -0.115. The van der Waals surface area contributed by atoms with Gasteiger partial charge in [-0.25, -0.2) is 0 Å². The molecule has 0 fully saturated rings. The van der Waals surface area contributed by atoms with E-state index in [2.05, 4.69) is 26.1 Å². The molecule has 0 rings (SSSR count). The van der Waals surface area contributed by atoms with E-state index in [1.165, 1.54) is 32.1 Å². The van der Waals surface area contributed by atoms with E-state index in [-0.39, 0.29) is 12.1 Å². The van der Waals surface area contributed by atoms with Gasteiger partial charge in [0.25, 0.3) is 0 Å². The van der Waals surface area contributed by atoms with Crippen molar-refractivity contribution in [2.75, 3.05) is 26.4 Å². The molecule has 0 amide bonds. The van der Waals surface area contributed by atoms with Crippen LogP contribution in [0.2, 0.25) is 0 Å². The van der Waals surface area contributed by atoms with E-state index in [1.54, 1.807) is 0 Å². The van der Waals surface area contributed by atoms with Crippen LogP contribution in [0.15, 0.2) is 0 Å². The van der Waals surface area contributed by atoms with Gasteiger partial charge in [-0.1, -0.05) is 39.5 Å². The van der Waals surface area contributed by atoms with Crippen LogP contribution in [-0.2, 0) is 4.74 Å². The predicted octanol–water partition coefficient (Wildman–Crippen LogP) is 3.89. The fourth-order valence-corrected chi connectivity index (χ4v) is 2.28. The summed E-state index contributed by atoms with van der Waals surface area (Å²) in [6.07, 6.45) is 10.8. The number of aliphatic hydroxyl groups is 1. The van der Waals surface area contributed by atoms with Gasteiger partial charge >= 0.3 is 0 Å². The first-order valence-corrected chi connectivity index (χ1v) is 8.62. The minimum absolute atomic E-state index is 0.115. The zero-order chi connectivity index (χ0) is 15.1. The molecule has 1 unspecified atom stereocenters. The molecule has 1 atom stereocenters. The molecule has 3 nitrogen and oxygen atoms in total. The van der Waals surface area contributed by atoms with Crippen molar-refractivity contribution in [3.8, 4) is 0 Å². The maximum absolute atomic E-state index is 9.46. The van der Waals surface area contributed by atoms with Gasteiger partial charge in [0.1, 0.15) is 0 Å². The van der Waals surface area contributed by atoms with Crippen LogP contribution >= 0.6 is 0 Å². The van der Waals surface area contributed by atoms with Crippen molar-refractivity contribution in [1.29, 1.82) is 0 Å². The first kappa shape index (κ1) is 19.9. The topological polar surface area (TPSA) is 41.5 Å². The lowest BCUT2D eigenvalue weighted by molar-refractivity contribution is 0.118. The molecule has 0 radical (unpaired) electrons. The summed E-state index contributed by atoms with van der Waals surface area (Å²) < 4.78 is 5.66. The number of hydrogen-bond acceptors (Lipinski definition) is 3. The Balaban J connectivity index is 3.37. The Bertz CT molecular complexity index is 199. The summed E-state index contributed by atoms with van der Waals surface area (Å²) in [5, 5.41) is 12.9. The van der Waals surface area contributed by atoms with Gasteiger partial charge in [0.15, 0.2) is 0 Å². The van der Waals surface area contributed by atoms with Gasteiger partial charge in [-0.3, -0.25) is 0 Å². The molecule has 0 saturated carbocycles. The third-order valence-corrected chi connectivity index (χ3v) is 3.81. The molecular formula is C17H37NO2. The Hall–Kier alpha value is -0.120. The molecule has 0 aromatic heterocycles. The molecule has 0 bridgehead atoms. The summed E-state index contributed by atoms with van der Waals surface area (Å²) in [6.45, 7) is 9.47. The molecule has 0 spiro atoms. The van der Waals surface area contributed by atoms with E-state index >= 15 is 0 Å². The van der Waals surface area contributed by atoms with Crippen LogP contribution in [0.4, 0.5) is 0 Å². The SMILES string of the molecule is CCCCCCCOCCCCC(C)(CO)NCCC. The predicted molar refractivity (Wildman–Crippen MR) is 87.2 cm³/mol. The van der Waals surface area contributed by atoms with E-state index in [4.69, 9.17) is 4.74 Å². The van der Waals surface area contributed by atoms with E-state index in [0.29, 0.717) is 0 Å². The molecule has 0 saturated heterocycles. The highest BCUT2D eigenvalue weighted by Gasteiger charge is 2.21. The lowest BCUT2D eigenvalue weighted by Crippen LogP contribution is -2.46. The van der Waals surface area contributed by atoms with Crippen molar-refractivity contribution in [3.63, 3.8) is 0 Å². The average molecular weight is 287 g/mol. The van der Waals surface area contributed by atoms with Crippen LogP contribution in [0.5, 0.6) is 0 Å². The highest BCUT2D eigenvalue weighted by atomic mass is 16.5. The largest absolute Gasteiger partial charge is 0.394 e. The Morgan fingerprint density at radius 2 is 1.55 bits per heavy atom. The first-order chi connectivity index (χ1) is 9.68. The summed E-state index contributed by atoms with van der Waals surface area (Å²) in [5.74, 6) is 0. The quantitative estimate of drug-likeness (QED) is 0.449. The fraction of sp³-hybridized carbons (Fsp3) is 1.00. The molecule has 0 heterocycles. The van der Waals surface area contributed by atoms with Crippen LogP contribution in [0, 0.1) is 0 Å². The van der Waals surface area contributed by atoms with Gasteiger partial charge in [-0.05, 0) is 45.6 Å². The number of unbranched alkanes of at least 4 members (excludes halogenated alkanes) is 5. The normalized spacial score (nSPS) is 14.4. The van der Waals surface area contributed by atoms with Crippen molar-refractivity contribution in [1.82, 2.24) is 5.32 Å².